The summed E-state index contributed by atoms with van der Waals surface area (Å²) in [7, 11) is 1.56. The third-order valence-corrected chi connectivity index (χ3v) is 2.81. The second-order valence-corrected chi connectivity index (χ2v) is 4.81. The van der Waals surface area contributed by atoms with Crippen LogP contribution >= 0.6 is 0 Å². The first kappa shape index (κ1) is 16.2. The van der Waals surface area contributed by atoms with E-state index in [1.165, 1.54) is 0 Å². The fourth-order valence-corrected chi connectivity index (χ4v) is 1.81. The van der Waals surface area contributed by atoms with Crippen molar-refractivity contribution in [2.24, 2.45) is 0 Å². The molecule has 20 heavy (non-hydrogen) atoms. The minimum Gasteiger partial charge on any atom is -0.383 e. The van der Waals surface area contributed by atoms with Crippen molar-refractivity contribution in [2.45, 2.75) is 26.2 Å². The first-order valence-electron chi connectivity index (χ1n) is 6.69. The molecule has 0 aromatic heterocycles. The zero-order valence-electron chi connectivity index (χ0n) is 12.2. The van der Waals surface area contributed by atoms with E-state index in [0.717, 1.165) is 11.3 Å². The number of hydrogen-bond donors (Lipinski definition) is 2. The molecule has 0 unspecified atom stereocenters. The fourth-order valence-electron chi connectivity index (χ4n) is 1.81. The molecule has 1 rings (SSSR count). The van der Waals surface area contributed by atoms with Gasteiger partial charge in [0.05, 0.1) is 6.61 Å². The summed E-state index contributed by atoms with van der Waals surface area (Å²) < 4.78 is 4.82. The molecule has 0 spiro atoms. The van der Waals surface area contributed by atoms with Gasteiger partial charge in [-0.3, -0.25) is 9.59 Å². The summed E-state index contributed by atoms with van der Waals surface area (Å²) >= 11 is 0. The summed E-state index contributed by atoms with van der Waals surface area (Å²) in [5, 5.41) is 5.40. The Balaban J connectivity index is 2.52. The fraction of sp³-hybridized carbons (Fsp3) is 0.467. The van der Waals surface area contributed by atoms with Gasteiger partial charge in [-0.25, -0.2) is 0 Å². The van der Waals surface area contributed by atoms with Crippen molar-refractivity contribution in [3.8, 4) is 0 Å². The maximum Gasteiger partial charge on any atom is 0.233 e. The minimum atomic E-state index is -0.312. The van der Waals surface area contributed by atoms with Gasteiger partial charge in [-0.2, -0.15) is 0 Å². The number of carbonyl (C=O) groups is 2. The smallest absolute Gasteiger partial charge is 0.233 e. The van der Waals surface area contributed by atoms with Gasteiger partial charge in [-0.05, 0) is 17.5 Å². The minimum absolute atomic E-state index is 0.184. The van der Waals surface area contributed by atoms with E-state index in [9.17, 15) is 9.59 Å². The summed E-state index contributed by atoms with van der Waals surface area (Å²) in [6, 6.07) is 7.61. The molecule has 2 N–H and O–H groups in total. The largest absolute Gasteiger partial charge is 0.383 e. The summed E-state index contributed by atoms with van der Waals surface area (Å²) in [6.07, 6.45) is -0.184. The van der Waals surface area contributed by atoms with Gasteiger partial charge in [-0.15, -0.1) is 0 Å². The van der Waals surface area contributed by atoms with E-state index in [2.05, 4.69) is 24.5 Å². The highest BCUT2D eigenvalue weighted by atomic mass is 16.5. The molecule has 0 saturated heterocycles. The Labute approximate surface area is 119 Å². The predicted octanol–water partition coefficient (Wildman–Crippen LogP) is 1.90. The lowest BCUT2D eigenvalue weighted by Gasteiger charge is -2.13. The summed E-state index contributed by atoms with van der Waals surface area (Å²) in [6.45, 7) is 4.96. The van der Waals surface area contributed by atoms with Gasteiger partial charge >= 0.3 is 0 Å². The van der Waals surface area contributed by atoms with Crippen molar-refractivity contribution in [1.82, 2.24) is 5.32 Å². The molecule has 0 radical (unpaired) electrons. The van der Waals surface area contributed by atoms with Crippen molar-refractivity contribution in [2.75, 3.05) is 25.6 Å². The van der Waals surface area contributed by atoms with Gasteiger partial charge in [0.2, 0.25) is 11.8 Å². The molecule has 1 aromatic carbocycles. The topological polar surface area (TPSA) is 67.4 Å². The highest BCUT2D eigenvalue weighted by Crippen LogP contribution is 2.23. The van der Waals surface area contributed by atoms with Crippen molar-refractivity contribution in [3.63, 3.8) is 0 Å². The number of nitrogens with one attached hydrogen (secondary N) is 2. The van der Waals surface area contributed by atoms with E-state index in [4.69, 9.17) is 4.74 Å². The van der Waals surface area contributed by atoms with Crippen molar-refractivity contribution >= 4 is 17.5 Å². The molecule has 0 heterocycles. The standard InChI is InChI=1S/C15H22N2O3/c1-11(2)12-6-4-5-7-13(12)17-15(19)10-14(18)16-8-9-20-3/h4-7,11H,8-10H2,1-3H3,(H,16,18)(H,17,19). The van der Waals surface area contributed by atoms with Crippen LogP contribution in [0.4, 0.5) is 5.69 Å². The molecule has 0 aliphatic carbocycles. The molecule has 0 bridgehead atoms. The molecule has 0 aliphatic rings. The monoisotopic (exact) mass is 278 g/mol. The maximum atomic E-state index is 11.8. The van der Waals surface area contributed by atoms with Crippen LogP contribution in [0, 0.1) is 0 Å². The Bertz CT molecular complexity index is 458. The van der Waals surface area contributed by atoms with Crippen LogP contribution in [0.5, 0.6) is 0 Å². The zero-order chi connectivity index (χ0) is 15.0. The summed E-state index contributed by atoms with van der Waals surface area (Å²) in [5.41, 5.74) is 1.82. The zero-order valence-corrected chi connectivity index (χ0v) is 12.2. The van der Waals surface area contributed by atoms with E-state index < -0.39 is 0 Å². The normalized spacial score (nSPS) is 10.4. The Kier molecular flexibility index (Phi) is 6.73. The number of hydrogen-bond acceptors (Lipinski definition) is 3. The van der Waals surface area contributed by atoms with Gasteiger partial charge in [0.25, 0.3) is 0 Å². The second kappa shape index (κ2) is 8.32. The van der Waals surface area contributed by atoms with E-state index in [-0.39, 0.29) is 18.2 Å². The van der Waals surface area contributed by atoms with Gasteiger partial charge in [0, 0.05) is 19.3 Å². The number of rotatable bonds is 7. The number of carbonyl (C=O) groups excluding carboxylic acids is 2. The number of amides is 2. The van der Waals surface area contributed by atoms with Crippen LogP contribution in [0.15, 0.2) is 24.3 Å². The van der Waals surface area contributed by atoms with Gasteiger partial charge in [0.15, 0.2) is 0 Å². The van der Waals surface area contributed by atoms with E-state index in [1.807, 2.05) is 24.3 Å². The highest BCUT2D eigenvalue weighted by Gasteiger charge is 2.12. The average molecular weight is 278 g/mol. The van der Waals surface area contributed by atoms with Crippen LogP contribution in [0.25, 0.3) is 0 Å². The lowest BCUT2D eigenvalue weighted by molar-refractivity contribution is -0.126. The summed E-state index contributed by atoms with van der Waals surface area (Å²) in [5.74, 6) is -0.309. The number of ether oxygens (including phenoxy) is 1. The van der Waals surface area contributed by atoms with Gasteiger partial charge < -0.3 is 15.4 Å². The van der Waals surface area contributed by atoms with Crippen molar-refractivity contribution in [1.29, 1.82) is 0 Å². The van der Waals surface area contributed by atoms with Crippen molar-refractivity contribution < 1.29 is 14.3 Å². The molecule has 0 fully saturated rings. The van der Waals surface area contributed by atoms with Crippen molar-refractivity contribution in [3.05, 3.63) is 29.8 Å². The highest BCUT2D eigenvalue weighted by molar-refractivity contribution is 6.03. The molecule has 0 aliphatic heterocycles. The van der Waals surface area contributed by atoms with E-state index in [0.29, 0.717) is 19.1 Å². The van der Waals surface area contributed by atoms with Crippen LogP contribution in [0.1, 0.15) is 31.7 Å². The lowest BCUT2D eigenvalue weighted by atomic mass is 10.0. The third-order valence-electron chi connectivity index (χ3n) is 2.81. The molecular weight excluding hydrogens is 256 g/mol. The number of anilines is 1. The Morgan fingerprint density at radius 3 is 2.55 bits per heavy atom. The van der Waals surface area contributed by atoms with Crippen LogP contribution in [0.3, 0.4) is 0 Å². The SMILES string of the molecule is COCCNC(=O)CC(=O)Nc1ccccc1C(C)C. The predicted molar refractivity (Wildman–Crippen MR) is 78.7 cm³/mol. The average Bonchev–Trinajstić information content (AvgIpc) is 2.39. The molecule has 2 amide bonds. The Morgan fingerprint density at radius 2 is 1.90 bits per heavy atom. The number of benzene rings is 1. The first-order chi connectivity index (χ1) is 9.54. The van der Waals surface area contributed by atoms with Crippen LogP contribution in [-0.4, -0.2) is 32.1 Å². The molecule has 110 valence electrons. The first-order valence-corrected chi connectivity index (χ1v) is 6.69. The Hall–Kier alpha value is -1.88. The quantitative estimate of drug-likeness (QED) is 0.591. The van der Waals surface area contributed by atoms with Gasteiger partial charge in [-0.1, -0.05) is 32.0 Å². The lowest BCUT2D eigenvalue weighted by Crippen LogP contribution is -2.30. The molecule has 5 nitrogen and oxygen atoms in total. The molecule has 0 atom stereocenters. The van der Waals surface area contributed by atoms with Crippen LogP contribution < -0.4 is 10.6 Å². The van der Waals surface area contributed by atoms with Crippen LogP contribution in [-0.2, 0) is 14.3 Å². The second-order valence-electron chi connectivity index (χ2n) is 4.81. The maximum absolute atomic E-state index is 11.8. The third kappa shape index (κ3) is 5.40. The number of para-hydroxylation sites is 1. The van der Waals surface area contributed by atoms with Gasteiger partial charge in [0.1, 0.15) is 6.42 Å². The molecule has 1 aromatic rings. The molecule has 5 heteroatoms. The molecular formula is C15H22N2O3. The number of methoxy groups -OCH3 is 1. The summed E-state index contributed by atoms with van der Waals surface area (Å²) in [4.78, 5) is 23.3. The molecule has 0 saturated carbocycles. The van der Waals surface area contributed by atoms with E-state index >= 15 is 0 Å². The van der Waals surface area contributed by atoms with Crippen LogP contribution in [0.2, 0.25) is 0 Å². The van der Waals surface area contributed by atoms with E-state index in [1.54, 1.807) is 7.11 Å². The Morgan fingerprint density at radius 1 is 1.20 bits per heavy atom.